The first kappa shape index (κ1) is 15.6. The molecule has 0 aliphatic heterocycles. The molecule has 1 rings (SSSR count). The van der Waals surface area contributed by atoms with E-state index >= 15 is 0 Å². The zero-order valence-corrected chi connectivity index (χ0v) is 12.0. The smallest absolute Gasteiger partial charge is 0.303 e. The van der Waals surface area contributed by atoms with Crippen LogP contribution in [0.4, 0.5) is 4.39 Å². The molecule has 104 valence electrons. The lowest BCUT2D eigenvalue weighted by Crippen LogP contribution is -2.28. The van der Waals surface area contributed by atoms with Crippen molar-refractivity contribution in [1.29, 1.82) is 0 Å². The number of halogens is 2. The number of aliphatic carboxylic acids is 1. The second-order valence-corrected chi connectivity index (χ2v) is 5.23. The number of carbonyl (C=O) groups is 2. The van der Waals surface area contributed by atoms with E-state index in [1.807, 2.05) is 6.92 Å². The van der Waals surface area contributed by atoms with Gasteiger partial charge in [0.15, 0.2) is 0 Å². The van der Waals surface area contributed by atoms with E-state index in [-0.39, 0.29) is 18.2 Å². The minimum atomic E-state index is -0.848. The number of hydrogen-bond acceptors (Lipinski definition) is 2. The monoisotopic (exact) mass is 331 g/mol. The average molecular weight is 332 g/mol. The summed E-state index contributed by atoms with van der Waals surface area (Å²) in [5.41, 5.74) is 0.354. The molecule has 1 aromatic carbocycles. The van der Waals surface area contributed by atoms with E-state index in [0.717, 1.165) is 0 Å². The fourth-order valence-electron chi connectivity index (χ4n) is 1.51. The lowest BCUT2D eigenvalue weighted by atomic mass is 10.1. The van der Waals surface area contributed by atoms with Crippen molar-refractivity contribution >= 4 is 27.8 Å². The van der Waals surface area contributed by atoms with E-state index < -0.39 is 11.8 Å². The molecular weight excluding hydrogens is 317 g/mol. The van der Waals surface area contributed by atoms with Crippen LogP contribution in [0.15, 0.2) is 22.7 Å². The average Bonchev–Trinajstić information content (AvgIpc) is 2.33. The summed E-state index contributed by atoms with van der Waals surface area (Å²) in [4.78, 5) is 22.3. The minimum Gasteiger partial charge on any atom is -0.481 e. The first-order chi connectivity index (χ1) is 8.90. The molecule has 1 unspecified atom stereocenters. The molecular formula is C13H15BrFNO3. The molecule has 1 atom stereocenters. The van der Waals surface area contributed by atoms with Gasteiger partial charge in [0.25, 0.3) is 5.91 Å². The van der Waals surface area contributed by atoms with Gasteiger partial charge in [-0.15, -0.1) is 0 Å². The summed E-state index contributed by atoms with van der Waals surface area (Å²) in [6.07, 6.45) is 0.581. The Hall–Kier alpha value is -1.43. The molecule has 6 heteroatoms. The first-order valence-corrected chi connectivity index (χ1v) is 6.64. The van der Waals surface area contributed by atoms with Crippen molar-refractivity contribution in [3.63, 3.8) is 0 Å². The molecule has 0 aliphatic rings. The summed E-state index contributed by atoms with van der Waals surface area (Å²) in [6, 6.07) is 3.84. The second kappa shape index (κ2) is 7.23. The Balaban J connectivity index is 2.49. The van der Waals surface area contributed by atoms with Gasteiger partial charge in [-0.3, -0.25) is 9.59 Å². The molecule has 0 aliphatic carbocycles. The molecule has 1 aromatic rings. The van der Waals surface area contributed by atoms with Gasteiger partial charge >= 0.3 is 5.97 Å². The number of carbonyl (C=O) groups excluding carboxylic acids is 1. The predicted molar refractivity (Wildman–Crippen MR) is 72.5 cm³/mol. The summed E-state index contributed by atoms with van der Waals surface area (Å²) < 4.78 is 13.3. The van der Waals surface area contributed by atoms with E-state index in [1.54, 1.807) is 0 Å². The van der Waals surface area contributed by atoms with Crippen LogP contribution in [0.1, 0.15) is 30.1 Å². The SMILES string of the molecule is CC(CCC(=O)O)CNC(=O)c1ccc(F)cc1Br. The van der Waals surface area contributed by atoms with Gasteiger partial charge in [0.2, 0.25) is 0 Å². The number of carboxylic acid groups (broad SMARTS) is 1. The van der Waals surface area contributed by atoms with Crippen LogP contribution in [0.5, 0.6) is 0 Å². The van der Waals surface area contributed by atoms with Crippen molar-refractivity contribution in [2.75, 3.05) is 6.54 Å². The van der Waals surface area contributed by atoms with Crippen LogP contribution in [0, 0.1) is 11.7 Å². The van der Waals surface area contributed by atoms with E-state index in [2.05, 4.69) is 21.2 Å². The topological polar surface area (TPSA) is 66.4 Å². The lowest BCUT2D eigenvalue weighted by Gasteiger charge is -2.12. The Labute approximate surface area is 119 Å². The third-order valence-corrected chi connectivity index (χ3v) is 3.29. The van der Waals surface area contributed by atoms with E-state index in [1.165, 1.54) is 18.2 Å². The molecule has 0 aromatic heterocycles. The zero-order valence-electron chi connectivity index (χ0n) is 10.5. The largest absolute Gasteiger partial charge is 0.481 e. The molecule has 19 heavy (non-hydrogen) atoms. The Kier molecular flexibility index (Phi) is 5.95. The van der Waals surface area contributed by atoms with Gasteiger partial charge in [-0.25, -0.2) is 4.39 Å². The van der Waals surface area contributed by atoms with Crippen LogP contribution in [0.2, 0.25) is 0 Å². The summed E-state index contributed by atoms with van der Waals surface area (Å²) in [5, 5.41) is 11.2. The maximum Gasteiger partial charge on any atom is 0.303 e. The Morgan fingerprint density at radius 2 is 2.16 bits per heavy atom. The molecule has 0 saturated heterocycles. The minimum absolute atomic E-state index is 0.0688. The Morgan fingerprint density at radius 3 is 2.74 bits per heavy atom. The molecule has 0 heterocycles. The fraction of sp³-hybridized carbons (Fsp3) is 0.385. The summed E-state index contributed by atoms with van der Waals surface area (Å²) in [6.45, 7) is 2.25. The van der Waals surface area contributed by atoms with Gasteiger partial charge in [-0.05, 0) is 46.5 Å². The highest BCUT2D eigenvalue weighted by Gasteiger charge is 2.12. The zero-order chi connectivity index (χ0) is 14.4. The molecule has 0 radical (unpaired) electrons. The molecule has 0 fully saturated rings. The maximum atomic E-state index is 12.9. The van der Waals surface area contributed by atoms with E-state index in [4.69, 9.17) is 5.11 Å². The van der Waals surface area contributed by atoms with Crippen LogP contribution >= 0.6 is 15.9 Å². The van der Waals surface area contributed by atoms with Crippen LogP contribution < -0.4 is 5.32 Å². The van der Waals surface area contributed by atoms with Gasteiger partial charge in [-0.2, -0.15) is 0 Å². The number of benzene rings is 1. The highest BCUT2D eigenvalue weighted by molar-refractivity contribution is 9.10. The third kappa shape index (κ3) is 5.38. The van der Waals surface area contributed by atoms with Gasteiger partial charge in [0.05, 0.1) is 5.56 Å². The number of amides is 1. The summed E-state index contributed by atoms with van der Waals surface area (Å²) >= 11 is 3.13. The summed E-state index contributed by atoms with van der Waals surface area (Å²) in [7, 11) is 0. The molecule has 0 spiro atoms. The molecule has 4 nitrogen and oxygen atoms in total. The highest BCUT2D eigenvalue weighted by Crippen LogP contribution is 2.18. The maximum absolute atomic E-state index is 12.9. The van der Waals surface area contributed by atoms with Crippen molar-refractivity contribution in [1.82, 2.24) is 5.32 Å². The normalized spacial score (nSPS) is 11.9. The van der Waals surface area contributed by atoms with Crippen LogP contribution in [-0.2, 0) is 4.79 Å². The van der Waals surface area contributed by atoms with Crippen LogP contribution in [-0.4, -0.2) is 23.5 Å². The summed E-state index contributed by atoms with van der Waals surface area (Å²) in [5.74, 6) is -1.51. The van der Waals surface area contributed by atoms with E-state index in [9.17, 15) is 14.0 Å². The number of rotatable bonds is 6. The van der Waals surface area contributed by atoms with Crippen molar-refractivity contribution in [2.24, 2.45) is 5.92 Å². The molecule has 0 saturated carbocycles. The first-order valence-electron chi connectivity index (χ1n) is 5.85. The quantitative estimate of drug-likeness (QED) is 0.842. The van der Waals surface area contributed by atoms with Gasteiger partial charge in [-0.1, -0.05) is 6.92 Å². The Bertz CT molecular complexity index is 479. The number of hydrogen-bond donors (Lipinski definition) is 2. The highest BCUT2D eigenvalue weighted by atomic mass is 79.9. The van der Waals surface area contributed by atoms with E-state index in [0.29, 0.717) is 23.0 Å². The molecule has 2 N–H and O–H groups in total. The van der Waals surface area contributed by atoms with Crippen LogP contribution in [0.3, 0.4) is 0 Å². The lowest BCUT2D eigenvalue weighted by molar-refractivity contribution is -0.137. The van der Waals surface area contributed by atoms with Crippen molar-refractivity contribution in [3.05, 3.63) is 34.1 Å². The second-order valence-electron chi connectivity index (χ2n) is 4.37. The van der Waals surface area contributed by atoms with Gasteiger partial charge < -0.3 is 10.4 Å². The van der Waals surface area contributed by atoms with Crippen molar-refractivity contribution < 1.29 is 19.1 Å². The van der Waals surface area contributed by atoms with Crippen LogP contribution in [0.25, 0.3) is 0 Å². The molecule has 1 amide bonds. The van der Waals surface area contributed by atoms with Crippen molar-refractivity contribution in [2.45, 2.75) is 19.8 Å². The van der Waals surface area contributed by atoms with Gasteiger partial charge in [0.1, 0.15) is 5.82 Å². The number of nitrogens with one attached hydrogen (secondary N) is 1. The standard InChI is InChI=1S/C13H15BrFNO3/c1-8(2-5-12(17)18)7-16-13(19)10-4-3-9(15)6-11(10)14/h3-4,6,8H,2,5,7H2,1H3,(H,16,19)(H,17,18). The fourth-order valence-corrected chi connectivity index (χ4v) is 2.04. The number of carboxylic acids is 1. The predicted octanol–water partition coefficient (Wildman–Crippen LogP) is 2.82. The molecule has 0 bridgehead atoms. The third-order valence-electron chi connectivity index (χ3n) is 2.64. The van der Waals surface area contributed by atoms with Gasteiger partial charge in [0, 0.05) is 17.4 Å². The van der Waals surface area contributed by atoms with Crippen molar-refractivity contribution in [3.8, 4) is 0 Å². The Morgan fingerprint density at radius 1 is 1.47 bits per heavy atom.